The summed E-state index contributed by atoms with van der Waals surface area (Å²) in [6, 6.07) is 0. The molecule has 0 saturated heterocycles. The quantitative estimate of drug-likeness (QED) is 0.491. The van der Waals surface area contributed by atoms with Crippen LogP contribution >= 0.6 is 0 Å². The molecule has 0 bridgehead atoms. The van der Waals surface area contributed by atoms with Gasteiger partial charge in [-0.1, -0.05) is 59.3 Å². The van der Waals surface area contributed by atoms with E-state index in [9.17, 15) is 0 Å². The van der Waals surface area contributed by atoms with Crippen LogP contribution in [0.5, 0.6) is 0 Å². The number of rotatable bonds is 0. The van der Waals surface area contributed by atoms with Crippen molar-refractivity contribution in [2.24, 2.45) is 11.3 Å². The molecule has 1 spiro atoms. The molecule has 2 aliphatic carbocycles. The molecule has 0 atom stereocenters. The van der Waals surface area contributed by atoms with Crippen molar-refractivity contribution in [1.82, 2.24) is 0 Å². The molecule has 0 unspecified atom stereocenters. The molecule has 2 saturated carbocycles. The van der Waals surface area contributed by atoms with E-state index < -0.39 is 0 Å². The molecule has 2 fully saturated rings. The Morgan fingerprint density at radius 2 is 1.20 bits per heavy atom. The predicted molar refractivity (Wildman–Crippen MR) is 69.1 cm³/mol. The zero-order valence-corrected chi connectivity index (χ0v) is 11.1. The minimum Gasteiger partial charge on any atom is -0.0683 e. The van der Waals surface area contributed by atoms with Gasteiger partial charge < -0.3 is 0 Å². The Balaban J connectivity index is 0.000000531. The Labute approximate surface area is 96.8 Å². The fraction of sp³-hybridized carbons (Fsp3) is 1.00. The van der Waals surface area contributed by atoms with Gasteiger partial charge >= 0.3 is 0 Å². The molecule has 0 aromatic rings. The smallest absolute Gasteiger partial charge is 0.0297 e. The Hall–Kier alpha value is 0. The van der Waals surface area contributed by atoms with Crippen LogP contribution in [-0.4, -0.2) is 0 Å². The van der Waals surface area contributed by atoms with Crippen LogP contribution in [0.1, 0.15) is 85.0 Å². The Morgan fingerprint density at radius 1 is 0.733 bits per heavy atom. The third kappa shape index (κ3) is 3.81. The monoisotopic (exact) mass is 210 g/mol. The standard InChI is InChI=1S/C13H24.C2H6/c1-12-6-10-13(11-7-12)8-4-2-3-5-9-13;1-2/h12H,2-11H2,1H3;1-2H3. The Morgan fingerprint density at radius 3 is 1.67 bits per heavy atom. The zero-order chi connectivity index (χ0) is 11.1. The number of hydrogen-bond donors (Lipinski definition) is 0. The van der Waals surface area contributed by atoms with Gasteiger partial charge in [0.25, 0.3) is 0 Å². The molecule has 0 nitrogen and oxygen atoms in total. The van der Waals surface area contributed by atoms with Crippen molar-refractivity contribution in [2.75, 3.05) is 0 Å². The second-order valence-corrected chi connectivity index (χ2v) is 5.60. The van der Waals surface area contributed by atoms with Crippen LogP contribution in [0.4, 0.5) is 0 Å². The van der Waals surface area contributed by atoms with Gasteiger partial charge in [0.2, 0.25) is 0 Å². The fourth-order valence-electron chi connectivity index (χ4n) is 3.35. The molecule has 0 heterocycles. The van der Waals surface area contributed by atoms with Gasteiger partial charge in [-0.15, -0.1) is 0 Å². The second-order valence-electron chi connectivity index (χ2n) is 5.60. The van der Waals surface area contributed by atoms with Gasteiger partial charge in [-0.2, -0.15) is 0 Å². The van der Waals surface area contributed by atoms with Gasteiger partial charge in [0.15, 0.2) is 0 Å². The maximum atomic E-state index is 2.43. The first-order valence-corrected chi connectivity index (χ1v) is 7.31. The van der Waals surface area contributed by atoms with Gasteiger partial charge in [0.05, 0.1) is 0 Å². The maximum Gasteiger partial charge on any atom is -0.0297 e. The van der Waals surface area contributed by atoms with Gasteiger partial charge in [-0.05, 0) is 37.0 Å². The summed E-state index contributed by atoms with van der Waals surface area (Å²) >= 11 is 0. The molecule has 0 radical (unpaired) electrons. The molecule has 0 aromatic heterocycles. The molecule has 0 amide bonds. The molecule has 0 aliphatic heterocycles. The zero-order valence-electron chi connectivity index (χ0n) is 11.1. The van der Waals surface area contributed by atoms with E-state index in [-0.39, 0.29) is 0 Å². The minimum atomic E-state index is 0.822. The van der Waals surface area contributed by atoms with Gasteiger partial charge in [0, 0.05) is 0 Å². The van der Waals surface area contributed by atoms with Crippen LogP contribution in [0.2, 0.25) is 0 Å². The molecule has 90 valence electrons. The second kappa shape index (κ2) is 6.55. The third-order valence-corrected chi connectivity index (χ3v) is 4.50. The third-order valence-electron chi connectivity index (χ3n) is 4.50. The summed E-state index contributed by atoms with van der Waals surface area (Å²) in [5.74, 6) is 1.02. The van der Waals surface area contributed by atoms with Crippen molar-refractivity contribution in [2.45, 2.75) is 85.0 Å². The molecule has 2 rings (SSSR count). The molecular weight excluding hydrogens is 180 g/mol. The molecule has 0 N–H and O–H groups in total. The highest BCUT2D eigenvalue weighted by Gasteiger charge is 2.33. The maximum absolute atomic E-state index is 2.43. The summed E-state index contributed by atoms with van der Waals surface area (Å²) in [5, 5.41) is 0. The van der Waals surface area contributed by atoms with Crippen LogP contribution in [0.3, 0.4) is 0 Å². The summed E-state index contributed by atoms with van der Waals surface area (Å²) in [5.41, 5.74) is 0.822. The SMILES string of the molecule is CC.CC1CCC2(CCCCCC2)CC1. The normalized spacial score (nSPS) is 26.6. The summed E-state index contributed by atoms with van der Waals surface area (Å²) in [4.78, 5) is 0. The first kappa shape index (κ1) is 13.1. The van der Waals surface area contributed by atoms with Crippen molar-refractivity contribution >= 4 is 0 Å². The highest BCUT2D eigenvalue weighted by molar-refractivity contribution is 4.86. The first-order chi connectivity index (χ1) is 7.31. The van der Waals surface area contributed by atoms with Crippen molar-refractivity contribution in [3.05, 3.63) is 0 Å². The van der Waals surface area contributed by atoms with E-state index >= 15 is 0 Å². The van der Waals surface area contributed by atoms with E-state index in [0.717, 1.165) is 11.3 Å². The van der Waals surface area contributed by atoms with E-state index in [0.29, 0.717) is 0 Å². The summed E-state index contributed by atoms with van der Waals surface area (Å²) in [6.45, 7) is 6.43. The van der Waals surface area contributed by atoms with Crippen LogP contribution in [0.15, 0.2) is 0 Å². The fourth-order valence-corrected chi connectivity index (χ4v) is 3.35. The molecular formula is C15H30. The van der Waals surface area contributed by atoms with Gasteiger partial charge in [-0.25, -0.2) is 0 Å². The lowest BCUT2D eigenvalue weighted by molar-refractivity contribution is 0.132. The van der Waals surface area contributed by atoms with E-state index in [1.54, 1.807) is 25.7 Å². The van der Waals surface area contributed by atoms with E-state index in [2.05, 4.69) is 6.92 Å². The van der Waals surface area contributed by atoms with Crippen molar-refractivity contribution in [1.29, 1.82) is 0 Å². The summed E-state index contributed by atoms with van der Waals surface area (Å²) in [7, 11) is 0. The highest BCUT2D eigenvalue weighted by atomic mass is 14.4. The van der Waals surface area contributed by atoms with E-state index in [1.165, 1.54) is 38.5 Å². The average Bonchev–Trinajstić information content (AvgIpc) is 2.52. The number of hydrogen-bond acceptors (Lipinski definition) is 0. The predicted octanol–water partition coefficient (Wildman–Crippen LogP) is 5.56. The largest absolute Gasteiger partial charge is 0.0683 e. The van der Waals surface area contributed by atoms with Gasteiger partial charge in [-0.3, -0.25) is 0 Å². The molecule has 0 heteroatoms. The molecule has 15 heavy (non-hydrogen) atoms. The summed E-state index contributed by atoms with van der Waals surface area (Å²) < 4.78 is 0. The van der Waals surface area contributed by atoms with Crippen LogP contribution < -0.4 is 0 Å². The van der Waals surface area contributed by atoms with Gasteiger partial charge in [0.1, 0.15) is 0 Å². The topological polar surface area (TPSA) is 0 Å². The van der Waals surface area contributed by atoms with Crippen molar-refractivity contribution in [3.8, 4) is 0 Å². The van der Waals surface area contributed by atoms with Crippen molar-refractivity contribution in [3.63, 3.8) is 0 Å². The lowest BCUT2D eigenvalue weighted by atomic mass is 9.67. The highest BCUT2D eigenvalue weighted by Crippen LogP contribution is 2.47. The van der Waals surface area contributed by atoms with Crippen LogP contribution in [0.25, 0.3) is 0 Å². The van der Waals surface area contributed by atoms with Crippen LogP contribution in [0, 0.1) is 11.3 Å². The lowest BCUT2D eigenvalue weighted by Gasteiger charge is -2.39. The van der Waals surface area contributed by atoms with Crippen LogP contribution in [-0.2, 0) is 0 Å². The molecule has 0 aromatic carbocycles. The lowest BCUT2D eigenvalue weighted by Crippen LogP contribution is -2.26. The average molecular weight is 210 g/mol. The Kier molecular flexibility index (Phi) is 5.71. The molecule has 2 aliphatic rings. The van der Waals surface area contributed by atoms with E-state index in [1.807, 2.05) is 13.8 Å². The van der Waals surface area contributed by atoms with Crippen molar-refractivity contribution < 1.29 is 0 Å². The van der Waals surface area contributed by atoms with E-state index in [4.69, 9.17) is 0 Å². The first-order valence-electron chi connectivity index (χ1n) is 7.31. The Bertz CT molecular complexity index is 141. The summed E-state index contributed by atoms with van der Waals surface area (Å²) in [6.07, 6.45) is 15.3. The minimum absolute atomic E-state index is 0.822.